The van der Waals surface area contributed by atoms with Gasteiger partial charge in [-0.1, -0.05) is 182 Å². The van der Waals surface area contributed by atoms with Gasteiger partial charge < -0.3 is 24.6 Å². The minimum absolute atomic E-state index is 0.00337. The van der Waals surface area contributed by atoms with Crippen molar-refractivity contribution in [1.29, 1.82) is 0 Å². The molecule has 6 heteroatoms. The van der Waals surface area contributed by atoms with Crippen molar-refractivity contribution in [3.8, 4) is 0 Å². The molecular weight excluding hydrogens is 659 g/mol. The Labute approximate surface area is 331 Å². The first-order chi connectivity index (χ1) is 26.0. The van der Waals surface area contributed by atoms with Crippen LogP contribution in [0.1, 0.15) is 240 Å². The molecule has 6 nitrogen and oxygen atoms in total. The zero-order valence-electron chi connectivity index (χ0n) is 36.4. The van der Waals surface area contributed by atoms with Crippen LogP contribution in [0.15, 0.2) is 0 Å². The minimum atomic E-state index is -0.00337. The van der Waals surface area contributed by atoms with Crippen LogP contribution >= 0.6 is 0 Å². The number of hydrogen-bond donors (Lipinski definition) is 2. The van der Waals surface area contributed by atoms with E-state index in [2.05, 4.69) is 32.6 Å². The molecule has 2 N–H and O–H groups in total. The molecule has 0 fully saturated rings. The second-order valence-electron chi connectivity index (χ2n) is 16.1. The first-order valence-corrected chi connectivity index (χ1v) is 23.6. The molecule has 0 atom stereocenters. The summed E-state index contributed by atoms with van der Waals surface area (Å²) in [5.74, 6) is 1.51. The first kappa shape index (κ1) is 54.1. The van der Waals surface area contributed by atoms with Gasteiger partial charge in [-0.3, -0.25) is 4.79 Å². The van der Waals surface area contributed by atoms with Gasteiger partial charge in [-0.15, -0.1) is 0 Å². The largest absolute Gasteiger partial charge is 0.466 e. The van der Waals surface area contributed by atoms with Gasteiger partial charge in [-0.25, -0.2) is 0 Å². The van der Waals surface area contributed by atoms with Gasteiger partial charge in [0, 0.05) is 32.6 Å². The number of ether oxygens (including phenoxy) is 1. The Hall–Kier alpha value is -0.980. The van der Waals surface area contributed by atoms with Gasteiger partial charge >= 0.3 is 5.97 Å². The fraction of sp³-hybridized carbons (Fsp3) is 0.957. The molecular formula is C47H95NO5. The summed E-state index contributed by atoms with van der Waals surface area (Å²) < 4.78 is 5.58. The number of aliphatic hydroxyl groups excluding tert-OH is 2. The van der Waals surface area contributed by atoms with Crippen LogP contribution in [0.25, 0.3) is 0 Å². The van der Waals surface area contributed by atoms with Crippen molar-refractivity contribution in [3.05, 3.63) is 0 Å². The summed E-state index contributed by atoms with van der Waals surface area (Å²) in [6.07, 6.45) is 40.5. The summed E-state index contributed by atoms with van der Waals surface area (Å²) in [7, 11) is 0. The van der Waals surface area contributed by atoms with Crippen LogP contribution in [0.4, 0.5) is 0 Å². The maximum absolute atomic E-state index is 12.2. The number of unbranched alkanes of at least 4 members (excludes halogenated alkanes) is 19. The van der Waals surface area contributed by atoms with E-state index in [9.17, 15) is 14.7 Å². The fourth-order valence-corrected chi connectivity index (χ4v) is 7.40. The normalized spacial score (nSPS) is 11.4. The van der Waals surface area contributed by atoms with Gasteiger partial charge in [-0.2, -0.15) is 0 Å². The van der Waals surface area contributed by atoms with E-state index in [-0.39, 0.29) is 12.6 Å². The monoisotopic (exact) mass is 754 g/mol. The summed E-state index contributed by atoms with van der Waals surface area (Å²) in [6.45, 7) is 13.5. The predicted molar refractivity (Wildman–Crippen MR) is 230 cm³/mol. The molecule has 0 aromatic rings. The Kier molecular flexibility index (Phi) is 48.2. The molecule has 53 heavy (non-hydrogen) atoms. The Balaban J connectivity index is 0. The van der Waals surface area contributed by atoms with Crippen molar-refractivity contribution in [2.45, 2.75) is 240 Å². The van der Waals surface area contributed by atoms with Gasteiger partial charge in [0.1, 0.15) is 6.29 Å². The highest BCUT2D eigenvalue weighted by molar-refractivity contribution is 5.69. The topological polar surface area (TPSA) is 87.1 Å². The van der Waals surface area contributed by atoms with E-state index in [0.717, 1.165) is 76.3 Å². The zero-order chi connectivity index (χ0) is 39.3. The highest BCUT2D eigenvalue weighted by Crippen LogP contribution is 2.22. The van der Waals surface area contributed by atoms with Crippen molar-refractivity contribution in [2.24, 2.45) is 11.8 Å². The van der Waals surface area contributed by atoms with Crippen molar-refractivity contribution < 1.29 is 24.5 Å². The van der Waals surface area contributed by atoms with Gasteiger partial charge in [0.2, 0.25) is 0 Å². The van der Waals surface area contributed by atoms with Gasteiger partial charge in [0.05, 0.1) is 6.61 Å². The number of aliphatic hydroxyl groups is 2. The molecule has 318 valence electrons. The number of aldehydes is 1. The Bertz CT molecular complexity index is 684. The third-order valence-corrected chi connectivity index (χ3v) is 11.0. The lowest BCUT2D eigenvalue weighted by Gasteiger charge is -2.22. The van der Waals surface area contributed by atoms with Crippen molar-refractivity contribution in [3.63, 3.8) is 0 Å². The molecule has 0 aliphatic rings. The Morgan fingerprint density at radius 3 is 1.34 bits per heavy atom. The van der Waals surface area contributed by atoms with Crippen molar-refractivity contribution in [2.75, 3.05) is 39.5 Å². The van der Waals surface area contributed by atoms with E-state index in [0.29, 0.717) is 26.1 Å². The molecule has 0 aromatic carbocycles. The summed E-state index contributed by atoms with van der Waals surface area (Å²) in [5.41, 5.74) is 0. The van der Waals surface area contributed by atoms with Crippen LogP contribution in [-0.4, -0.2) is 66.8 Å². The SMILES string of the molecule is CCCCCC(CCCCC)CCOC(=O)CCCCCCCCN(CCCO)CCCCCCCCC=O.CCCCCC(CCO)CCCCC. The summed E-state index contributed by atoms with van der Waals surface area (Å²) >= 11 is 0. The van der Waals surface area contributed by atoms with Crippen LogP contribution in [0.2, 0.25) is 0 Å². The lowest BCUT2D eigenvalue weighted by atomic mass is 9.92. The van der Waals surface area contributed by atoms with E-state index in [1.54, 1.807) is 0 Å². The van der Waals surface area contributed by atoms with E-state index >= 15 is 0 Å². The van der Waals surface area contributed by atoms with Crippen LogP contribution in [0.5, 0.6) is 0 Å². The molecule has 0 spiro atoms. The molecule has 0 amide bonds. The van der Waals surface area contributed by atoms with Crippen LogP contribution in [0.3, 0.4) is 0 Å². The maximum Gasteiger partial charge on any atom is 0.305 e. The molecule has 0 bridgehead atoms. The van der Waals surface area contributed by atoms with Crippen LogP contribution in [-0.2, 0) is 14.3 Å². The fourth-order valence-electron chi connectivity index (χ4n) is 7.40. The molecule has 0 saturated carbocycles. The van der Waals surface area contributed by atoms with E-state index in [1.165, 1.54) is 161 Å². The third-order valence-electron chi connectivity index (χ3n) is 11.0. The minimum Gasteiger partial charge on any atom is -0.466 e. The molecule has 0 aliphatic heterocycles. The Morgan fingerprint density at radius 1 is 0.491 bits per heavy atom. The molecule has 0 saturated heterocycles. The molecule has 0 aliphatic carbocycles. The quantitative estimate of drug-likeness (QED) is 0.0367. The van der Waals surface area contributed by atoms with Crippen LogP contribution < -0.4 is 0 Å². The molecule has 0 rings (SSSR count). The first-order valence-electron chi connectivity index (χ1n) is 23.6. The Morgan fingerprint density at radius 2 is 0.906 bits per heavy atom. The van der Waals surface area contributed by atoms with Crippen molar-refractivity contribution >= 4 is 12.3 Å². The number of rotatable bonds is 42. The van der Waals surface area contributed by atoms with Gasteiger partial charge in [-0.05, 0) is 69.9 Å². The second kappa shape index (κ2) is 47.2. The highest BCUT2D eigenvalue weighted by atomic mass is 16.5. The average molecular weight is 754 g/mol. The lowest BCUT2D eigenvalue weighted by molar-refractivity contribution is -0.144. The maximum atomic E-state index is 12.2. The van der Waals surface area contributed by atoms with Crippen molar-refractivity contribution in [1.82, 2.24) is 4.90 Å². The summed E-state index contributed by atoms with van der Waals surface area (Å²) in [4.78, 5) is 25.1. The standard InChI is InChI=1S/C34H67NO4.C13H28O/c1-3-5-16-23-33(24-17-6-4-2)26-32-39-34(38)25-18-12-8-10-14-20-28-35(29-22-31-37)27-19-13-9-7-11-15-21-30-36;1-3-5-7-9-13(11-12-14)10-8-6-4-2/h30,33,37H,3-29,31-32H2,1-2H3;13-14H,3-12H2,1-2H3. The molecule has 0 aromatic heterocycles. The van der Waals surface area contributed by atoms with E-state index in [4.69, 9.17) is 9.84 Å². The summed E-state index contributed by atoms with van der Waals surface area (Å²) in [5, 5.41) is 18.2. The van der Waals surface area contributed by atoms with Crippen LogP contribution in [0, 0.1) is 11.8 Å². The van der Waals surface area contributed by atoms with E-state index in [1.807, 2.05) is 0 Å². The smallest absolute Gasteiger partial charge is 0.305 e. The zero-order valence-corrected chi connectivity index (χ0v) is 36.4. The number of carbonyl (C=O) groups is 2. The molecule has 0 radical (unpaired) electrons. The number of nitrogens with zero attached hydrogens (tertiary/aromatic N) is 1. The second-order valence-corrected chi connectivity index (χ2v) is 16.1. The predicted octanol–water partition coefficient (Wildman–Crippen LogP) is 13.2. The number of esters is 1. The van der Waals surface area contributed by atoms with Gasteiger partial charge in [0.15, 0.2) is 0 Å². The molecule has 0 heterocycles. The van der Waals surface area contributed by atoms with Gasteiger partial charge in [0.25, 0.3) is 0 Å². The number of carbonyl (C=O) groups excluding carboxylic acids is 2. The third kappa shape index (κ3) is 43.6. The summed E-state index contributed by atoms with van der Waals surface area (Å²) in [6, 6.07) is 0. The average Bonchev–Trinajstić information content (AvgIpc) is 3.16. The molecule has 0 unspecified atom stereocenters. The highest BCUT2D eigenvalue weighted by Gasteiger charge is 2.11. The number of hydrogen-bond acceptors (Lipinski definition) is 6. The van der Waals surface area contributed by atoms with E-state index < -0.39 is 0 Å². The lowest BCUT2D eigenvalue weighted by Crippen LogP contribution is -2.27.